The Hall–Kier alpha value is -1.76. The Balaban J connectivity index is 2.45. The van der Waals surface area contributed by atoms with Gasteiger partial charge in [-0.15, -0.1) is 13.2 Å². The lowest BCUT2D eigenvalue weighted by Crippen LogP contribution is -2.27. The molecule has 1 amide bonds. The lowest BCUT2D eigenvalue weighted by molar-refractivity contribution is -0.274. The second-order valence-electron chi connectivity index (χ2n) is 4.48. The van der Waals surface area contributed by atoms with Crippen LogP contribution in [0.2, 0.25) is 0 Å². The number of benzene rings is 1. The van der Waals surface area contributed by atoms with Crippen LogP contribution in [0, 0.1) is 0 Å². The van der Waals surface area contributed by atoms with Crippen molar-refractivity contribution in [1.82, 2.24) is 10.2 Å². The van der Waals surface area contributed by atoms with Crippen LogP contribution in [-0.2, 0) is 0 Å². The number of hydrogen-bond acceptors (Lipinski definition) is 3. The van der Waals surface area contributed by atoms with Crippen LogP contribution in [0.15, 0.2) is 24.3 Å². The van der Waals surface area contributed by atoms with Gasteiger partial charge in [0.1, 0.15) is 5.75 Å². The molecule has 20 heavy (non-hydrogen) atoms. The molecule has 0 bridgehead atoms. The predicted molar refractivity (Wildman–Crippen MR) is 68.6 cm³/mol. The minimum absolute atomic E-state index is 0.296. The van der Waals surface area contributed by atoms with E-state index in [2.05, 4.69) is 10.1 Å². The van der Waals surface area contributed by atoms with Gasteiger partial charge in [-0.1, -0.05) is 0 Å². The Labute approximate surface area is 115 Å². The van der Waals surface area contributed by atoms with Gasteiger partial charge in [0.15, 0.2) is 0 Å². The second kappa shape index (κ2) is 7.14. The Morgan fingerprint density at radius 1 is 1.25 bits per heavy atom. The van der Waals surface area contributed by atoms with E-state index in [1.807, 2.05) is 19.0 Å². The molecule has 4 nitrogen and oxygen atoms in total. The number of nitrogens with one attached hydrogen (secondary N) is 1. The fourth-order valence-corrected chi connectivity index (χ4v) is 1.51. The summed E-state index contributed by atoms with van der Waals surface area (Å²) in [6.45, 7) is 1.36. The number of carbonyl (C=O) groups is 1. The van der Waals surface area contributed by atoms with Gasteiger partial charge in [0.2, 0.25) is 0 Å². The number of amides is 1. The number of carbonyl (C=O) groups excluding carboxylic acids is 1. The molecule has 1 N–H and O–H groups in total. The Bertz CT molecular complexity index is 430. The molecule has 0 aliphatic rings. The average molecular weight is 290 g/mol. The van der Waals surface area contributed by atoms with Crippen LogP contribution in [0.5, 0.6) is 5.75 Å². The molecule has 0 fully saturated rings. The highest BCUT2D eigenvalue weighted by Gasteiger charge is 2.31. The molecule has 0 saturated carbocycles. The third-order valence-electron chi connectivity index (χ3n) is 2.42. The molecule has 0 spiro atoms. The van der Waals surface area contributed by atoms with Gasteiger partial charge in [-0.25, -0.2) is 0 Å². The number of ether oxygens (including phenoxy) is 1. The summed E-state index contributed by atoms with van der Waals surface area (Å²) in [5.41, 5.74) is 0.296. The van der Waals surface area contributed by atoms with Crippen LogP contribution >= 0.6 is 0 Å². The Morgan fingerprint density at radius 3 is 2.35 bits per heavy atom. The first-order valence-electron chi connectivity index (χ1n) is 6.06. The minimum atomic E-state index is -4.73. The molecule has 0 aliphatic carbocycles. The van der Waals surface area contributed by atoms with Crippen molar-refractivity contribution in [3.05, 3.63) is 29.8 Å². The second-order valence-corrected chi connectivity index (χ2v) is 4.48. The fraction of sp³-hybridized carbons (Fsp3) is 0.462. The smallest absolute Gasteiger partial charge is 0.406 e. The quantitative estimate of drug-likeness (QED) is 0.817. The Morgan fingerprint density at radius 2 is 1.85 bits per heavy atom. The first kappa shape index (κ1) is 16.3. The molecular weight excluding hydrogens is 273 g/mol. The first-order valence-corrected chi connectivity index (χ1v) is 6.06. The maximum Gasteiger partial charge on any atom is 0.573 e. The van der Waals surface area contributed by atoms with Crippen LogP contribution in [0.25, 0.3) is 0 Å². The third kappa shape index (κ3) is 6.42. The lowest BCUT2D eigenvalue weighted by Gasteiger charge is -2.11. The maximum atomic E-state index is 12.0. The van der Waals surface area contributed by atoms with E-state index in [1.165, 1.54) is 12.1 Å². The van der Waals surface area contributed by atoms with E-state index in [9.17, 15) is 18.0 Å². The van der Waals surface area contributed by atoms with Gasteiger partial charge in [-0.05, 0) is 51.3 Å². The molecule has 0 radical (unpaired) electrons. The molecule has 1 rings (SSSR count). The van der Waals surface area contributed by atoms with E-state index < -0.39 is 6.36 Å². The van der Waals surface area contributed by atoms with Crippen molar-refractivity contribution in [3.63, 3.8) is 0 Å². The molecule has 0 unspecified atom stereocenters. The third-order valence-corrected chi connectivity index (χ3v) is 2.42. The van der Waals surface area contributed by atoms with E-state index in [1.54, 1.807) is 0 Å². The zero-order chi connectivity index (χ0) is 15.2. The summed E-state index contributed by atoms with van der Waals surface area (Å²) >= 11 is 0. The number of rotatable bonds is 6. The van der Waals surface area contributed by atoms with Gasteiger partial charge in [-0.2, -0.15) is 0 Å². The van der Waals surface area contributed by atoms with Crippen molar-refractivity contribution >= 4 is 5.91 Å². The van der Waals surface area contributed by atoms with Gasteiger partial charge in [0, 0.05) is 12.1 Å². The minimum Gasteiger partial charge on any atom is -0.406 e. The largest absolute Gasteiger partial charge is 0.573 e. The SMILES string of the molecule is CN(C)CCCNC(=O)c1ccc(OC(F)(F)F)cc1. The summed E-state index contributed by atoms with van der Waals surface area (Å²) in [6, 6.07) is 4.81. The fourth-order valence-electron chi connectivity index (χ4n) is 1.51. The van der Waals surface area contributed by atoms with Crippen molar-refractivity contribution in [1.29, 1.82) is 0 Å². The summed E-state index contributed by atoms with van der Waals surface area (Å²) < 4.78 is 39.6. The molecule has 0 heterocycles. The van der Waals surface area contributed by atoms with Gasteiger partial charge < -0.3 is 15.0 Å². The standard InChI is InChI=1S/C13H17F3N2O2/c1-18(2)9-3-8-17-12(19)10-4-6-11(7-5-10)20-13(14,15)16/h4-7H,3,8-9H2,1-2H3,(H,17,19). The van der Waals surface area contributed by atoms with E-state index in [-0.39, 0.29) is 11.7 Å². The van der Waals surface area contributed by atoms with Gasteiger partial charge >= 0.3 is 6.36 Å². The summed E-state index contributed by atoms with van der Waals surface area (Å²) in [5, 5.41) is 2.69. The predicted octanol–water partition coefficient (Wildman–Crippen LogP) is 2.27. The molecule has 0 atom stereocenters. The van der Waals surface area contributed by atoms with Crippen LogP contribution in [0.3, 0.4) is 0 Å². The van der Waals surface area contributed by atoms with Crippen molar-refractivity contribution in [3.8, 4) is 5.75 Å². The number of alkyl halides is 3. The van der Waals surface area contributed by atoms with Crippen LogP contribution in [0.4, 0.5) is 13.2 Å². The number of nitrogens with zero attached hydrogens (tertiary/aromatic N) is 1. The molecule has 0 aliphatic heterocycles. The number of hydrogen-bond donors (Lipinski definition) is 1. The summed E-state index contributed by atoms with van der Waals surface area (Å²) in [4.78, 5) is 13.7. The first-order chi connectivity index (χ1) is 9.28. The van der Waals surface area contributed by atoms with Crippen LogP contribution in [0.1, 0.15) is 16.8 Å². The summed E-state index contributed by atoms with van der Waals surface area (Å²) in [5.74, 6) is -0.663. The molecule has 7 heteroatoms. The van der Waals surface area contributed by atoms with Gasteiger partial charge in [-0.3, -0.25) is 4.79 Å². The Kier molecular flexibility index (Phi) is 5.82. The van der Waals surface area contributed by atoms with Gasteiger partial charge in [0.05, 0.1) is 0 Å². The van der Waals surface area contributed by atoms with E-state index in [0.717, 1.165) is 25.1 Å². The average Bonchev–Trinajstić information content (AvgIpc) is 2.33. The van der Waals surface area contributed by atoms with Gasteiger partial charge in [0.25, 0.3) is 5.91 Å². The normalized spacial score (nSPS) is 11.5. The molecular formula is C13H17F3N2O2. The van der Waals surface area contributed by atoms with Crippen LogP contribution in [-0.4, -0.2) is 44.4 Å². The molecule has 112 valence electrons. The van der Waals surface area contributed by atoms with Crippen molar-refractivity contribution < 1.29 is 22.7 Å². The topological polar surface area (TPSA) is 41.6 Å². The van der Waals surface area contributed by atoms with E-state index >= 15 is 0 Å². The van der Waals surface area contributed by atoms with Crippen molar-refractivity contribution in [2.24, 2.45) is 0 Å². The highest BCUT2D eigenvalue weighted by molar-refractivity contribution is 5.94. The van der Waals surface area contributed by atoms with E-state index in [0.29, 0.717) is 12.1 Å². The molecule has 1 aromatic carbocycles. The van der Waals surface area contributed by atoms with E-state index in [4.69, 9.17) is 0 Å². The van der Waals surface area contributed by atoms with Crippen molar-refractivity contribution in [2.45, 2.75) is 12.8 Å². The maximum absolute atomic E-state index is 12.0. The molecule has 0 aromatic heterocycles. The zero-order valence-electron chi connectivity index (χ0n) is 11.3. The monoisotopic (exact) mass is 290 g/mol. The summed E-state index contributed by atoms with van der Waals surface area (Å²) in [6.07, 6.45) is -3.93. The number of halogens is 3. The zero-order valence-corrected chi connectivity index (χ0v) is 11.3. The summed E-state index contributed by atoms with van der Waals surface area (Å²) in [7, 11) is 3.86. The highest BCUT2D eigenvalue weighted by atomic mass is 19.4. The van der Waals surface area contributed by atoms with Crippen molar-refractivity contribution in [2.75, 3.05) is 27.2 Å². The molecule has 0 saturated heterocycles. The highest BCUT2D eigenvalue weighted by Crippen LogP contribution is 2.22. The molecule has 1 aromatic rings. The lowest BCUT2D eigenvalue weighted by atomic mass is 10.2. The van der Waals surface area contributed by atoms with Crippen LogP contribution < -0.4 is 10.1 Å².